The first kappa shape index (κ1) is 18.7. The molecule has 0 spiro atoms. The van der Waals surface area contributed by atoms with Gasteiger partial charge in [-0.25, -0.2) is 4.99 Å². The van der Waals surface area contributed by atoms with Crippen LogP contribution in [0.3, 0.4) is 0 Å². The summed E-state index contributed by atoms with van der Waals surface area (Å²) in [6, 6.07) is 2.73. The van der Waals surface area contributed by atoms with Gasteiger partial charge in [-0.15, -0.1) is 0 Å². The summed E-state index contributed by atoms with van der Waals surface area (Å²) in [5, 5.41) is 14.5. The SMILES string of the molecule is CC(=O)NC1=CC(=Nc2cc(Cl)c(O)c(Cl)c2)C(NC(C)=O)=CC1=O. The lowest BCUT2D eigenvalue weighted by molar-refractivity contribution is -0.120. The highest BCUT2D eigenvalue weighted by molar-refractivity contribution is 6.37. The Morgan fingerprint density at radius 2 is 1.52 bits per heavy atom. The third-order valence-corrected chi connectivity index (χ3v) is 3.55. The van der Waals surface area contributed by atoms with Gasteiger partial charge in [0.1, 0.15) is 0 Å². The molecule has 130 valence electrons. The van der Waals surface area contributed by atoms with Crippen LogP contribution in [-0.2, 0) is 14.4 Å². The fourth-order valence-electron chi connectivity index (χ4n) is 1.99. The molecule has 1 aromatic carbocycles. The number of rotatable bonds is 3. The van der Waals surface area contributed by atoms with E-state index in [9.17, 15) is 19.5 Å². The third-order valence-electron chi connectivity index (χ3n) is 2.97. The summed E-state index contributed by atoms with van der Waals surface area (Å²) >= 11 is 11.7. The highest BCUT2D eigenvalue weighted by Crippen LogP contribution is 2.36. The Hall–Kier alpha value is -2.64. The summed E-state index contributed by atoms with van der Waals surface area (Å²) in [5.41, 5.74) is 0.659. The average Bonchev–Trinajstić information content (AvgIpc) is 2.48. The van der Waals surface area contributed by atoms with E-state index in [1.807, 2.05) is 0 Å². The van der Waals surface area contributed by atoms with E-state index in [-0.39, 0.29) is 38.6 Å². The number of halogens is 2. The number of amides is 2. The topological polar surface area (TPSA) is 108 Å². The number of carbonyl (C=O) groups is 3. The van der Waals surface area contributed by atoms with Crippen LogP contribution in [0.5, 0.6) is 5.75 Å². The Balaban J connectivity index is 2.52. The highest BCUT2D eigenvalue weighted by atomic mass is 35.5. The van der Waals surface area contributed by atoms with E-state index in [4.69, 9.17) is 23.2 Å². The van der Waals surface area contributed by atoms with Crippen LogP contribution in [0.25, 0.3) is 0 Å². The van der Waals surface area contributed by atoms with Crippen LogP contribution in [0.2, 0.25) is 10.0 Å². The molecule has 1 aromatic rings. The first-order valence-corrected chi connectivity index (χ1v) is 7.73. The van der Waals surface area contributed by atoms with E-state index in [0.717, 1.165) is 6.08 Å². The van der Waals surface area contributed by atoms with Gasteiger partial charge in [0.2, 0.25) is 17.6 Å². The predicted octanol–water partition coefficient (Wildman–Crippen LogP) is 2.39. The van der Waals surface area contributed by atoms with Crippen LogP contribution in [0, 0.1) is 0 Å². The summed E-state index contributed by atoms with van der Waals surface area (Å²) in [6.07, 6.45) is 2.47. The van der Waals surface area contributed by atoms with Gasteiger partial charge < -0.3 is 15.7 Å². The van der Waals surface area contributed by atoms with Crippen LogP contribution in [0.15, 0.2) is 40.7 Å². The van der Waals surface area contributed by atoms with Gasteiger partial charge in [-0.2, -0.15) is 0 Å². The summed E-state index contributed by atoms with van der Waals surface area (Å²) in [5.74, 6) is -1.59. The van der Waals surface area contributed by atoms with Gasteiger partial charge in [0.05, 0.1) is 32.8 Å². The van der Waals surface area contributed by atoms with Crippen molar-refractivity contribution in [3.63, 3.8) is 0 Å². The van der Waals surface area contributed by atoms with Gasteiger partial charge in [0.25, 0.3) is 0 Å². The molecule has 1 aliphatic carbocycles. The molecule has 25 heavy (non-hydrogen) atoms. The number of aromatic hydroxyl groups is 1. The Morgan fingerprint density at radius 1 is 1.00 bits per heavy atom. The van der Waals surface area contributed by atoms with Crippen molar-refractivity contribution < 1.29 is 19.5 Å². The molecule has 9 heteroatoms. The zero-order valence-corrected chi connectivity index (χ0v) is 14.7. The summed E-state index contributed by atoms with van der Waals surface area (Å²) < 4.78 is 0. The van der Waals surface area contributed by atoms with Crippen LogP contribution < -0.4 is 10.6 Å². The van der Waals surface area contributed by atoms with Gasteiger partial charge in [-0.1, -0.05) is 23.2 Å². The number of benzene rings is 1. The van der Waals surface area contributed by atoms with Gasteiger partial charge >= 0.3 is 0 Å². The lowest BCUT2D eigenvalue weighted by Gasteiger charge is -2.16. The van der Waals surface area contributed by atoms with Gasteiger partial charge in [0.15, 0.2) is 5.75 Å². The molecule has 0 bridgehead atoms. The maximum absolute atomic E-state index is 12.0. The number of phenolic OH excluding ortho intramolecular Hbond substituents is 1. The van der Waals surface area contributed by atoms with Crippen molar-refractivity contribution >= 4 is 52.2 Å². The van der Waals surface area contributed by atoms with Crippen molar-refractivity contribution in [3.05, 3.63) is 45.7 Å². The number of phenols is 1. The van der Waals surface area contributed by atoms with E-state index in [1.54, 1.807) is 0 Å². The molecule has 0 aromatic heterocycles. The predicted molar refractivity (Wildman–Crippen MR) is 94.0 cm³/mol. The maximum atomic E-state index is 12.0. The number of ketones is 1. The lowest BCUT2D eigenvalue weighted by Crippen LogP contribution is -2.32. The molecule has 0 aliphatic heterocycles. The van der Waals surface area contributed by atoms with Gasteiger partial charge in [-0.05, 0) is 18.2 Å². The zero-order chi connectivity index (χ0) is 18.7. The van der Waals surface area contributed by atoms with Gasteiger partial charge in [-0.3, -0.25) is 14.4 Å². The number of nitrogens with zero attached hydrogens (tertiary/aromatic N) is 1. The van der Waals surface area contributed by atoms with E-state index >= 15 is 0 Å². The zero-order valence-electron chi connectivity index (χ0n) is 13.2. The minimum atomic E-state index is -0.486. The molecule has 0 radical (unpaired) electrons. The van der Waals surface area contributed by atoms with Crippen LogP contribution in [0.4, 0.5) is 5.69 Å². The number of nitrogens with one attached hydrogen (secondary N) is 2. The smallest absolute Gasteiger partial charge is 0.221 e. The second-order valence-electron chi connectivity index (χ2n) is 5.10. The molecule has 0 saturated carbocycles. The Kier molecular flexibility index (Phi) is 5.61. The largest absolute Gasteiger partial charge is 0.505 e. The van der Waals surface area contributed by atoms with E-state index in [1.165, 1.54) is 32.1 Å². The van der Waals surface area contributed by atoms with Crippen molar-refractivity contribution in [1.29, 1.82) is 0 Å². The van der Waals surface area contributed by atoms with E-state index < -0.39 is 17.6 Å². The molecule has 0 saturated heterocycles. The fraction of sp³-hybridized carbons (Fsp3) is 0.125. The number of hydrogen-bond acceptors (Lipinski definition) is 5. The molecule has 0 unspecified atom stereocenters. The summed E-state index contributed by atoms with van der Waals surface area (Å²) in [4.78, 5) is 38.9. The first-order valence-electron chi connectivity index (χ1n) is 6.97. The van der Waals surface area contributed by atoms with Crippen molar-refractivity contribution in [2.45, 2.75) is 13.8 Å². The third kappa shape index (κ3) is 4.68. The van der Waals surface area contributed by atoms with Crippen LogP contribution in [-0.4, -0.2) is 28.4 Å². The van der Waals surface area contributed by atoms with E-state index in [0.29, 0.717) is 0 Å². The van der Waals surface area contributed by atoms with Crippen molar-refractivity contribution in [2.75, 3.05) is 0 Å². The fourth-order valence-corrected chi connectivity index (χ4v) is 2.47. The van der Waals surface area contributed by atoms with Crippen molar-refractivity contribution in [1.82, 2.24) is 10.6 Å². The average molecular weight is 382 g/mol. The normalized spacial score (nSPS) is 15.5. The first-order chi connectivity index (χ1) is 11.7. The number of aliphatic imine (C=N–C) groups is 1. The Bertz CT molecular complexity index is 849. The minimum absolute atomic E-state index is 0.00476. The minimum Gasteiger partial charge on any atom is -0.505 e. The molecule has 2 rings (SSSR count). The molecular weight excluding hydrogens is 369 g/mol. The standard InChI is InChI=1S/C16H13Cl2N3O4/c1-7(22)19-13-6-15(24)14(20-8(2)23)5-12(13)21-9-3-10(17)16(25)11(18)4-9/h3-6,25H,1-2H3,(H,19,22)(H,20,23). The monoisotopic (exact) mass is 381 g/mol. The van der Waals surface area contributed by atoms with Crippen LogP contribution >= 0.6 is 23.2 Å². The maximum Gasteiger partial charge on any atom is 0.221 e. The second kappa shape index (κ2) is 7.50. The van der Waals surface area contributed by atoms with Crippen LogP contribution in [0.1, 0.15) is 13.8 Å². The quantitative estimate of drug-likeness (QED) is 0.698. The van der Waals surface area contributed by atoms with Gasteiger partial charge in [0, 0.05) is 19.9 Å². The lowest BCUT2D eigenvalue weighted by atomic mass is 10.1. The number of hydrogen-bond donors (Lipinski definition) is 3. The van der Waals surface area contributed by atoms with Crippen molar-refractivity contribution in [3.8, 4) is 5.75 Å². The molecule has 1 aliphatic rings. The number of carbonyl (C=O) groups excluding carboxylic acids is 3. The molecule has 0 atom stereocenters. The molecule has 2 amide bonds. The van der Waals surface area contributed by atoms with Crippen molar-refractivity contribution in [2.24, 2.45) is 4.99 Å². The summed E-state index contributed by atoms with van der Waals surface area (Å²) in [6.45, 7) is 2.54. The molecule has 0 fully saturated rings. The van der Waals surface area contributed by atoms with E-state index in [2.05, 4.69) is 15.6 Å². The highest BCUT2D eigenvalue weighted by Gasteiger charge is 2.21. The Labute approximate surface area is 153 Å². The molecular formula is C16H13Cl2N3O4. The Morgan fingerprint density at radius 3 is 2.04 bits per heavy atom. The second-order valence-corrected chi connectivity index (χ2v) is 5.91. The molecule has 7 nitrogen and oxygen atoms in total. The number of allylic oxidation sites excluding steroid dienone is 2. The molecule has 0 heterocycles. The molecule has 3 N–H and O–H groups in total. The summed E-state index contributed by atoms with van der Waals surface area (Å²) in [7, 11) is 0.